The van der Waals surface area contributed by atoms with Crippen molar-refractivity contribution in [2.24, 2.45) is 0 Å². The molecule has 0 aliphatic carbocycles. The molecule has 0 aliphatic heterocycles. The topological polar surface area (TPSA) is 105 Å². The monoisotopic (exact) mass is 239 g/mol. The van der Waals surface area contributed by atoms with Gasteiger partial charge in [-0.1, -0.05) is 0 Å². The molecule has 0 saturated carbocycles. The number of nitriles is 1. The summed E-state index contributed by atoms with van der Waals surface area (Å²) in [5.41, 5.74) is 6.62. The number of aromatic nitrogens is 2. The number of nitrogens with zero attached hydrogens (tertiary/aromatic N) is 3. The highest BCUT2D eigenvalue weighted by molar-refractivity contribution is 6.02. The standard InChI is InChI=1S/C12H9N5O/c13-5-8-1-3-10(15-6-8)12(18)17-11-4-2-9(14)7-16-11/h1-4,6-7H,14H2,(H,16,17,18). The summed E-state index contributed by atoms with van der Waals surface area (Å²) in [6.07, 6.45) is 2.78. The molecule has 6 heteroatoms. The number of hydrogen-bond acceptors (Lipinski definition) is 5. The quantitative estimate of drug-likeness (QED) is 0.818. The van der Waals surface area contributed by atoms with E-state index in [4.69, 9.17) is 11.0 Å². The fourth-order valence-corrected chi connectivity index (χ4v) is 1.25. The van der Waals surface area contributed by atoms with E-state index in [0.717, 1.165) is 0 Å². The van der Waals surface area contributed by atoms with E-state index in [1.807, 2.05) is 6.07 Å². The van der Waals surface area contributed by atoms with Gasteiger partial charge < -0.3 is 11.1 Å². The van der Waals surface area contributed by atoms with Crippen molar-refractivity contribution in [1.29, 1.82) is 5.26 Å². The van der Waals surface area contributed by atoms with E-state index in [-0.39, 0.29) is 5.69 Å². The Bertz CT molecular complexity index is 598. The zero-order chi connectivity index (χ0) is 13.0. The fraction of sp³-hybridized carbons (Fsp3) is 0. The Hall–Kier alpha value is -2.94. The Morgan fingerprint density at radius 1 is 1.22 bits per heavy atom. The Balaban J connectivity index is 2.12. The number of hydrogen-bond donors (Lipinski definition) is 2. The van der Waals surface area contributed by atoms with Crippen LogP contribution in [0.25, 0.3) is 0 Å². The lowest BCUT2D eigenvalue weighted by Gasteiger charge is -2.03. The summed E-state index contributed by atoms with van der Waals surface area (Å²) >= 11 is 0. The van der Waals surface area contributed by atoms with Gasteiger partial charge in [-0.05, 0) is 24.3 Å². The fourth-order valence-electron chi connectivity index (χ4n) is 1.25. The van der Waals surface area contributed by atoms with Gasteiger partial charge in [-0.3, -0.25) is 4.79 Å². The molecule has 2 rings (SSSR count). The minimum atomic E-state index is -0.392. The predicted molar refractivity (Wildman–Crippen MR) is 65.6 cm³/mol. The zero-order valence-corrected chi connectivity index (χ0v) is 9.29. The van der Waals surface area contributed by atoms with E-state index >= 15 is 0 Å². The number of carbonyl (C=O) groups excluding carboxylic acids is 1. The number of pyridine rings is 2. The van der Waals surface area contributed by atoms with E-state index in [2.05, 4.69) is 15.3 Å². The molecule has 6 nitrogen and oxygen atoms in total. The second-order valence-electron chi connectivity index (χ2n) is 3.47. The molecule has 0 spiro atoms. The van der Waals surface area contributed by atoms with Crippen LogP contribution in [0, 0.1) is 11.3 Å². The third-order valence-electron chi connectivity index (χ3n) is 2.15. The normalized spacial score (nSPS) is 9.50. The number of nitrogens with one attached hydrogen (secondary N) is 1. The van der Waals surface area contributed by atoms with Gasteiger partial charge in [-0.25, -0.2) is 9.97 Å². The van der Waals surface area contributed by atoms with Gasteiger partial charge in [0.15, 0.2) is 0 Å². The average Bonchev–Trinajstić information content (AvgIpc) is 2.41. The van der Waals surface area contributed by atoms with Crippen LogP contribution >= 0.6 is 0 Å². The summed E-state index contributed by atoms with van der Waals surface area (Å²) in [5.74, 6) is -0.00267. The van der Waals surface area contributed by atoms with Crippen LogP contribution in [0.2, 0.25) is 0 Å². The summed E-state index contributed by atoms with van der Waals surface area (Å²) in [4.78, 5) is 19.6. The maximum Gasteiger partial charge on any atom is 0.275 e. The molecule has 0 aromatic carbocycles. The van der Waals surface area contributed by atoms with Gasteiger partial charge in [0.2, 0.25) is 0 Å². The SMILES string of the molecule is N#Cc1ccc(C(=O)Nc2ccc(N)cn2)nc1. The van der Waals surface area contributed by atoms with Gasteiger partial charge in [0.05, 0.1) is 17.4 Å². The smallest absolute Gasteiger partial charge is 0.275 e. The van der Waals surface area contributed by atoms with Crippen LogP contribution in [-0.2, 0) is 0 Å². The van der Waals surface area contributed by atoms with Crippen molar-refractivity contribution in [1.82, 2.24) is 9.97 Å². The third kappa shape index (κ3) is 2.59. The first-order valence-electron chi connectivity index (χ1n) is 5.08. The number of anilines is 2. The van der Waals surface area contributed by atoms with Crippen molar-refractivity contribution in [3.63, 3.8) is 0 Å². The molecule has 88 valence electrons. The Labute approximate surface area is 103 Å². The molecule has 2 heterocycles. The number of rotatable bonds is 2. The number of nitrogen functional groups attached to an aromatic ring is 1. The second kappa shape index (κ2) is 4.93. The molecule has 2 aromatic heterocycles. The lowest BCUT2D eigenvalue weighted by Crippen LogP contribution is -2.14. The van der Waals surface area contributed by atoms with Gasteiger partial charge in [0, 0.05) is 6.20 Å². The van der Waals surface area contributed by atoms with Crippen molar-refractivity contribution < 1.29 is 4.79 Å². The first-order valence-corrected chi connectivity index (χ1v) is 5.08. The maximum atomic E-state index is 11.8. The Kier molecular flexibility index (Phi) is 3.16. The first kappa shape index (κ1) is 11.5. The second-order valence-corrected chi connectivity index (χ2v) is 3.47. The summed E-state index contributed by atoms with van der Waals surface area (Å²) < 4.78 is 0. The van der Waals surface area contributed by atoms with E-state index < -0.39 is 5.91 Å². The van der Waals surface area contributed by atoms with Crippen molar-refractivity contribution in [3.8, 4) is 6.07 Å². The van der Waals surface area contributed by atoms with E-state index in [1.165, 1.54) is 24.5 Å². The van der Waals surface area contributed by atoms with Crippen LogP contribution in [-0.4, -0.2) is 15.9 Å². The molecule has 0 aliphatic rings. The van der Waals surface area contributed by atoms with Crippen LogP contribution in [0.3, 0.4) is 0 Å². The molecule has 0 atom stereocenters. The molecule has 1 amide bonds. The Morgan fingerprint density at radius 2 is 2.06 bits per heavy atom. The number of amides is 1. The highest BCUT2D eigenvalue weighted by Crippen LogP contribution is 2.07. The number of nitrogens with two attached hydrogens (primary N) is 1. The number of carbonyl (C=O) groups is 1. The largest absolute Gasteiger partial charge is 0.397 e. The van der Waals surface area contributed by atoms with Gasteiger partial charge in [0.25, 0.3) is 5.91 Å². The van der Waals surface area contributed by atoms with Crippen molar-refractivity contribution in [2.75, 3.05) is 11.1 Å². The van der Waals surface area contributed by atoms with E-state index in [1.54, 1.807) is 12.1 Å². The molecule has 0 saturated heterocycles. The highest BCUT2D eigenvalue weighted by atomic mass is 16.1. The van der Waals surface area contributed by atoms with Crippen molar-refractivity contribution in [3.05, 3.63) is 47.9 Å². The molecule has 2 aromatic rings. The predicted octanol–water partition coefficient (Wildman–Crippen LogP) is 1.18. The maximum absolute atomic E-state index is 11.8. The third-order valence-corrected chi connectivity index (χ3v) is 2.15. The average molecular weight is 239 g/mol. The zero-order valence-electron chi connectivity index (χ0n) is 9.29. The molecule has 3 N–H and O–H groups in total. The lowest BCUT2D eigenvalue weighted by molar-refractivity contribution is 0.102. The molecular formula is C12H9N5O. The molecular weight excluding hydrogens is 230 g/mol. The molecule has 0 unspecified atom stereocenters. The minimum absolute atomic E-state index is 0.215. The van der Waals surface area contributed by atoms with Crippen LogP contribution in [0.1, 0.15) is 16.1 Å². The van der Waals surface area contributed by atoms with Crippen LogP contribution in [0.15, 0.2) is 36.7 Å². The highest BCUT2D eigenvalue weighted by Gasteiger charge is 2.07. The summed E-state index contributed by atoms with van der Waals surface area (Å²) in [5, 5.41) is 11.2. The summed E-state index contributed by atoms with van der Waals surface area (Å²) in [6, 6.07) is 8.16. The molecule has 18 heavy (non-hydrogen) atoms. The van der Waals surface area contributed by atoms with Gasteiger partial charge >= 0.3 is 0 Å². The molecule has 0 fully saturated rings. The van der Waals surface area contributed by atoms with Crippen molar-refractivity contribution in [2.45, 2.75) is 0 Å². The summed E-state index contributed by atoms with van der Waals surface area (Å²) in [6.45, 7) is 0. The van der Waals surface area contributed by atoms with Gasteiger partial charge in [0.1, 0.15) is 17.6 Å². The van der Waals surface area contributed by atoms with Crippen LogP contribution in [0.5, 0.6) is 0 Å². The van der Waals surface area contributed by atoms with Gasteiger partial charge in [-0.2, -0.15) is 5.26 Å². The van der Waals surface area contributed by atoms with Crippen molar-refractivity contribution >= 4 is 17.4 Å². The summed E-state index contributed by atoms with van der Waals surface area (Å²) in [7, 11) is 0. The van der Waals surface area contributed by atoms with E-state index in [0.29, 0.717) is 17.1 Å². The minimum Gasteiger partial charge on any atom is -0.397 e. The van der Waals surface area contributed by atoms with Crippen LogP contribution < -0.4 is 11.1 Å². The molecule has 0 radical (unpaired) electrons. The lowest BCUT2D eigenvalue weighted by atomic mass is 10.2. The Morgan fingerprint density at radius 3 is 2.61 bits per heavy atom. The van der Waals surface area contributed by atoms with E-state index in [9.17, 15) is 4.79 Å². The van der Waals surface area contributed by atoms with Gasteiger partial charge in [-0.15, -0.1) is 0 Å². The molecule has 0 bridgehead atoms. The first-order chi connectivity index (χ1) is 8.69. The van der Waals surface area contributed by atoms with Crippen LogP contribution in [0.4, 0.5) is 11.5 Å².